The van der Waals surface area contributed by atoms with Crippen molar-refractivity contribution in [3.05, 3.63) is 40.7 Å². The second kappa shape index (κ2) is 4.86. The fourth-order valence-electron chi connectivity index (χ4n) is 1.82. The van der Waals surface area contributed by atoms with Crippen molar-refractivity contribution in [3.63, 3.8) is 0 Å². The smallest absolute Gasteiger partial charge is 0.182 e. The van der Waals surface area contributed by atoms with Crippen LogP contribution in [-0.4, -0.2) is 18.2 Å². The molecule has 7 heteroatoms. The number of anilines is 1. The van der Waals surface area contributed by atoms with Gasteiger partial charge in [-0.3, -0.25) is 4.68 Å². The third-order valence-corrected chi connectivity index (χ3v) is 4.94. The van der Waals surface area contributed by atoms with Gasteiger partial charge >= 0.3 is 0 Å². The van der Waals surface area contributed by atoms with Crippen LogP contribution in [0.3, 0.4) is 0 Å². The van der Waals surface area contributed by atoms with Crippen LogP contribution >= 0.6 is 11.6 Å². The zero-order valence-corrected chi connectivity index (χ0v) is 12.2. The summed E-state index contributed by atoms with van der Waals surface area (Å²) in [5.74, 6) is -0.186. The summed E-state index contributed by atoms with van der Waals surface area (Å²) in [6.45, 7) is 1.73. The third kappa shape index (κ3) is 2.74. The number of nitrogens with two attached hydrogens (primary N) is 1. The zero-order valence-electron chi connectivity index (χ0n) is 10.6. The molecule has 1 heterocycles. The molecule has 0 amide bonds. The Morgan fingerprint density at radius 3 is 2.63 bits per heavy atom. The van der Waals surface area contributed by atoms with E-state index in [0.29, 0.717) is 22.1 Å². The largest absolute Gasteiger partial charge is 0.399 e. The van der Waals surface area contributed by atoms with Gasteiger partial charge in [0.25, 0.3) is 0 Å². The van der Waals surface area contributed by atoms with Gasteiger partial charge in [-0.05, 0) is 25.1 Å². The molecule has 0 saturated heterocycles. The van der Waals surface area contributed by atoms with Gasteiger partial charge in [-0.2, -0.15) is 5.10 Å². The van der Waals surface area contributed by atoms with Gasteiger partial charge in [0.05, 0.1) is 16.3 Å². The number of hydrogen-bond acceptors (Lipinski definition) is 4. The Bertz CT molecular complexity index is 723. The summed E-state index contributed by atoms with van der Waals surface area (Å²) in [7, 11) is -1.81. The number of benzene rings is 1. The van der Waals surface area contributed by atoms with Gasteiger partial charge < -0.3 is 5.73 Å². The Kier molecular flexibility index (Phi) is 3.56. The highest BCUT2D eigenvalue weighted by atomic mass is 35.5. The fraction of sp³-hybridized carbons (Fsp3) is 0.250. The average molecular weight is 300 g/mol. The summed E-state index contributed by atoms with van der Waals surface area (Å²) >= 11 is 6.05. The van der Waals surface area contributed by atoms with Crippen molar-refractivity contribution in [2.75, 3.05) is 5.73 Å². The van der Waals surface area contributed by atoms with E-state index in [-0.39, 0.29) is 10.6 Å². The first-order chi connectivity index (χ1) is 8.81. The number of halogens is 1. The Hall–Kier alpha value is -1.53. The van der Waals surface area contributed by atoms with Crippen LogP contribution in [0.2, 0.25) is 5.15 Å². The fourth-order valence-corrected chi connectivity index (χ4v) is 3.63. The lowest BCUT2D eigenvalue weighted by atomic mass is 10.3. The topological polar surface area (TPSA) is 78.0 Å². The summed E-state index contributed by atoms with van der Waals surface area (Å²) < 4.78 is 26.1. The molecule has 0 fully saturated rings. The number of nitrogen functional groups attached to an aromatic ring is 1. The minimum atomic E-state index is -3.49. The Morgan fingerprint density at radius 2 is 2.11 bits per heavy atom. The highest BCUT2D eigenvalue weighted by Gasteiger charge is 2.21. The van der Waals surface area contributed by atoms with Crippen molar-refractivity contribution in [1.29, 1.82) is 0 Å². The molecule has 0 saturated carbocycles. The standard InChI is InChI=1S/C12H14ClN3O2S/c1-8-11(12(13)16(2)15-8)7-19(17,18)10-5-3-4-9(14)6-10/h3-6H,7,14H2,1-2H3. The molecule has 0 aliphatic rings. The van der Waals surface area contributed by atoms with Crippen LogP contribution in [0.25, 0.3) is 0 Å². The van der Waals surface area contributed by atoms with Gasteiger partial charge in [-0.15, -0.1) is 0 Å². The molecule has 5 nitrogen and oxygen atoms in total. The molecule has 102 valence electrons. The van der Waals surface area contributed by atoms with E-state index in [2.05, 4.69) is 5.10 Å². The molecule has 0 atom stereocenters. The molecule has 0 bridgehead atoms. The highest BCUT2D eigenvalue weighted by Crippen LogP contribution is 2.25. The van der Waals surface area contributed by atoms with E-state index < -0.39 is 9.84 Å². The number of nitrogens with zero attached hydrogens (tertiary/aromatic N) is 2. The van der Waals surface area contributed by atoms with Gasteiger partial charge in [0.15, 0.2) is 9.84 Å². The molecule has 0 aliphatic carbocycles. The van der Waals surface area contributed by atoms with E-state index in [0.717, 1.165) is 0 Å². The zero-order chi connectivity index (χ0) is 14.2. The number of rotatable bonds is 3. The Morgan fingerprint density at radius 1 is 1.42 bits per heavy atom. The van der Waals surface area contributed by atoms with Crippen LogP contribution in [0.1, 0.15) is 11.3 Å². The van der Waals surface area contributed by atoms with Crippen molar-refractivity contribution >= 4 is 27.1 Å². The molecular formula is C12H14ClN3O2S. The summed E-state index contributed by atoms with van der Waals surface area (Å²) in [5.41, 5.74) is 7.15. The van der Waals surface area contributed by atoms with Crippen molar-refractivity contribution < 1.29 is 8.42 Å². The van der Waals surface area contributed by atoms with Gasteiger partial charge in [-0.25, -0.2) is 8.42 Å². The van der Waals surface area contributed by atoms with E-state index in [9.17, 15) is 8.42 Å². The van der Waals surface area contributed by atoms with Crippen LogP contribution in [0, 0.1) is 6.92 Å². The molecule has 0 spiro atoms. The molecule has 2 N–H and O–H groups in total. The predicted molar refractivity (Wildman–Crippen MR) is 74.7 cm³/mol. The maximum Gasteiger partial charge on any atom is 0.182 e. The first-order valence-corrected chi connectivity index (χ1v) is 7.60. The van der Waals surface area contributed by atoms with Crippen LogP contribution in [-0.2, 0) is 22.6 Å². The number of aromatic nitrogens is 2. The highest BCUT2D eigenvalue weighted by molar-refractivity contribution is 7.90. The Labute approximate surface area is 116 Å². The third-order valence-electron chi connectivity index (χ3n) is 2.82. The second-order valence-corrected chi connectivity index (χ2v) is 6.66. The molecule has 0 aliphatic heterocycles. The van der Waals surface area contributed by atoms with Gasteiger partial charge in [0.1, 0.15) is 5.15 Å². The summed E-state index contributed by atoms with van der Waals surface area (Å²) in [6, 6.07) is 6.21. The van der Waals surface area contributed by atoms with Crippen molar-refractivity contribution in [1.82, 2.24) is 9.78 Å². The SMILES string of the molecule is Cc1nn(C)c(Cl)c1CS(=O)(=O)c1cccc(N)c1. The monoisotopic (exact) mass is 299 g/mol. The van der Waals surface area contributed by atoms with Crippen LogP contribution in [0.15, 0.2) is 29.2 Å². The minimum absolute atomic E-state index is 0.186. The number of hydrogen-bond donors (Lipinski definition) is 1. The quantitative estimate of drug-likeness (QED) is 0.879. The van der Waals surface area contributed by atoms with Crippen molar-refractivity contribution in [2.24, 2.45) is 7.05 Å². The molecule has 1 aromatic heterocycles. The summed E-state index contributed by atoms with van der Waals surface area (Å²) in [6.07, 6.45) is 0. The van der Waals surface area contributed by atoms with E-state index in [1.54, 1.807) is 26.1 Å². The van der Waals surface area contributed by atoms with E-state index >= 15 is 0 Å². The first kappa shape index (κ1) is 13.9. The molecule has 2 rings (SSSR count). The normalized spacial score (nSPS) is 11.7. The second-order valence-electron chi connectivity index (χ2n) is 4.31. The molecule has 19 heavy (non-hydrogen) atoms. The van der Waals surface area contributed by atoms with E-state index in [1.165, 1.54) is 16.8 Å². The van der Waals surface area contributed by atoms with E-state index in [1.807, 2.05) is 0 Å². The minimum Gasteiger partial charge on any atom is -0.399 e. The molecule has 0 unspecified atom stereocenters. The maximum absolute atomic E-state index is 12.3. The Balaban J connectivity index is 2.42. The van der Waals surface area contributed by atoms with Crippen LogP contribution in [0.4, 0.5) is 5.69 Å². The average Bonchev–Trinajstić information content (AvgIpc) is 2.56. The van der Waals surface area contributed by atoms with Crippen LogP contribution < -0.4 is 5.73 Å². The lowest BCUT2D eigenvalue weighted by Crippen LogP contribution is -2.06. The van der Waals surface area contributed by atoms with Gasteiger partial charge in [0, 0.05) is 18.3 Å². The van der Waals surface area contributed by atoms with Crippen molar-refractivity contribution in [3.8, 4) is 0 Å². The number of aryl methyl sites for hydroxylation is 2. The van der Waals surface area contributed by atoms with Crippen LogP contribution in [0.5, 0.6) is 0 Å². The first-order valence-electron chi connectivity index (χ1n) is 5.57. The van der Waals surface area contributed by atoms with E-state index in [4.69, 9.17) is 17.3 Å². The predicted octanol–water partition coefficient (Wildman–Crippen LogP) is 1.94. The molecule has 2 aromatic rings. The molecular weight excluding hydrogens is 286 g/mol. The maximum atomic E-state index is 12.3. The summed E-state index contributed by atoms with van der Waals surface area (Å²) in [4.78, 5) is 0.187. The summed E-state index contributed by atoms with van der Waals surface area (Å²) in [5, 5.41) is 4.44. The van der Waals surface area contributed by atoms with Gasteiger partial charge in [-0.1, -0.05) is 17.7 Å². The van der Waals surface area contributed by atoms with Gasteiger partial charge in [0.2, 0.25) is 0 Å². The lowest BCUT2D eigenvalue weighted by Gasteiger charge is -2.05. The molecule has 0 radical (unpaired) electrons. The number of sulfone groups is 1. The lowest BCUT2D eigenvalue weighted by molar-refractivity contribution is 0.595. The molecule has 1 aromatic carbocycles. The van der Waals surface area contributed by atoms with Crippen molar-refractivity contribution in [2.45, 2.75) is 17.6 Å².